The summed E-state index contributed by atoms with van der Waals surface area (Å²) in [5.41, 5.74) is 0. The Hall–Kier alpha value is -1.83. The summed E-state index contributed by atoms with van der Waals surface area (Å²) in [7, 11) is 0. The molecule has 3 N–H and O–H groups in total. The first kappa shape index (κ1) is 17.5. The van der Waals surface area contributed by atoms with E-state index in [4.69, 9.17) is 0 Å². The Balaban J connectivity index is 1.66. The van der Waals surface area contributed by atoms with Gasteiger partial charge >= 0.3 is 6.03 Å². The number of amides is 3. The third-order valence-electron chi connectivity index (χ3n) is 3.77. The summed E-state index contributed by atoms with van der Waals surface area (Å²) in [6.45, 7) is 3.80. The minimum atomic E-state index is -0.525. The Bertz CT molecular complexity index is 540. The number of imide groups is 1. The van der Waals surface area contributed by atoms with Crippen molar-refractivity contribution in [2.75, 3.05) is 12.3 Å². The number of nitrogens with one attached hydrogen (secondary N) is 3. The molecule has 1 aliphatic rings. The maximum Gasteiger partial charge on any atom is 0.321 e. The third-order valence-corrected chi connectivity index (χ3v) is 4.61. The van der Waals surface area contributed by atoms with E-state index in [0.717, 1.165) is 24.6 Å². The standard InChI is InChI=1S/C15H23N5O2S/c1-2-9-16-14(22)18-13(21)10-23-15-17-12(19-20-15)8-7-11-5-3-4-6-11/h2,11H,1,3-10H2,(H,17,19,20)(H2,16,18,21,22). The topological polar surface area (TPSA) is 99.8 Å². The Labute approximate surface area is 140 Å². The highest BCUT2D eigenvalue weighted by molar-refractivity contribution is 7.99. The smallest absolute Gasteiger partial charge is 0.321 e. The van der Waals surface area contributed by atoms with Gasteiger partial charge < -0.3 is 5.32 Å². The number of rotatable bonds is 8. The Morgan fingerprint density at radius 3 is 2.91 bits per heavy atom. The number of carbonyl (C=O) groups excluding carboxylic acids is 2. The van der Waals surface area contributed by atoms with Crippen molar-refractivity contribution in [3.8, 4) is 0 Å². The predicted octanol–water partition coefficient (Wildman–Crippen LogP) is 2.03. The Morgan fingerprint density at radius 2 is 2.17 bits per heavy atom. The number of hydrogen-bond acceptors (Lipinski definition) is 5. The van der Waals surface area contributed by atoms with Crippen LogP contribution in [0.4, 0.5) is 4.79 Å². The Kier molecular flexibility index (Phi) is 7.12. The van der Waals surface area contributed by atoms with E-state index in [-0.39, 0.29) is 11.7 Å². The molecule has 2 rings (SSSR count). The summed E-state index contributed by atoms with van der Waals surface area (Å²) in [4.78, 5) is 27.3. The summed E-state index contributed by atoms with van der Waals surface area (Å²) in [6.07, 6.45) is 8.92. The first-order chi connectivity index (χ1) is 11.2. The molecule has 0 unspecified atom stereocenters. The Morgan fingerprint density at radius 1 is 1.39 bits per heavy atom. The van der Waals surface area contributed by atoms with E-state index in [1.165, 1.54) is 37.4 Å². The average molecular weight is 337 g/mol. The zero-order valence-electron chi connectivity index (χ0n) is 13.1. The van der Waals surface area contributed by atoms with Crippen molar-refractivity contribution >= 4 is 23.7 Å². The molecule has 1 heterocycles. The van der Waals surface area contributed by atoms with Gasteiger partial charge in [0.2, 0.25) is 11.1 Å². The van der Waals surface area contributed by atoms with Gasteiger partial charge in [0.25, 0.3) is 0 Å². The molecule has 0 bridgehead atoms. The molecule has 0 radical (unpaired) electrons. The van der Waals surface area contributed by atoms with Crippen LogP contribution >= 0.6 is 11.8 Å². The zero-order chi connectivity index (χ0) is 16.5. The van der Waals surface area contributed by atoms with Gasteiger partial charge in [0.15, 0.2) is 0 Å². The number of urea groups is 1. The lowest BCUT2D eigenvalue weighted by Crippen LogP contribution is -2.40. The molecule has 23 heavy (non-hydrogen) atoms. The average Bonchev–Trinajstić information content (AvgIpc) is 3.20. The molecule has 0 aromatic carbocycles. The van der Waals surface area contributed by atoms with Crippen LogP contribution in [-0.4, -0.2) is 39.4 Å². The number of aryl methyl sites for hydroxylation is 1. The van der Waals surface area contributed by atoms with Crippen LogP contribution < -0.4 is 10.6 Å². The second-order valence-electron chi connectivity index (χ2n) is 5.59. The maximum atomic E-state index is 11.6. The minimum absolute atomic E-state index is 0.0986. The first-order valence-corrected chi connectivity index (χ1v) is 8.88. The molecule has 1 aromatic rings. The number of hydrogen-bond donors (Lipinski definition) is 3. The van der Waals surface area contributed by atoms with Crippen LogP contribution in [0.2, 0.25) is 0 Å². The minimum Gasteiger partial charge on any atom is -0.334 e. The van der Waals surface area contributed by atoms with E-state index in [1.54, 1.807) is 6.08 Å². The monoisotopic (exact) mass is 337 g/mol. The predicted molar refractivity (Wildman–Crippen MR) is 89.1 cm³/mol. The van der Waals surface area contributed by atoms with E-state index in [2.05, 4.69) is 32.4 Å². The van der Waals surface area contributed by atoms with Gasteiger partial charge in [-0.05, 0) is 12.3 Å². The fourth-order valence-corrected chi connectivity index (χ4v) is 3.21. The molecule has 7 nitrogen and oxygen atoms in total. The number of thioether (sulfide) groups is 1. The lowest BCUT2D eigenvalue weighted by atomic mass is 10.0. The largest absolute Gasteiger partial charge is 0.334 e. The summed E-state index contributed by atoms with van der Waals surface area (Å²) in [5.74, 6) is 1.40. The number of aromatic nitrogens is 3. The SMILES string of the molecule is C=CCNC(=O)NC(=O)CSc1n[nH]c(CCC2CCCC2)n1. The molecule has 0 saturated heterocycles. The molecule has 1 saturated carbocycles. The molecule has 0 atom stereocenters. The molecule has 0 spiro atoms. The summed E-state index contributed by atoms with van der Waals surface area (Å²) in [6, 6.07) is -0.525. The van der Waals surface area contributed by atoms with Crippen LogP contribution in [0.1, 0.15) is 37.9 Å². The molecule has 1 fully saturated rings. The van der Waals surface area contributed by atoms with Gasteiger partial charge in [0, 0.05) is 13.0 Å². The van der Waals surface area contributed by atoms with Gasteiger partial charge in [-0.15, -0.1) is 11.7 Å². The van der Waals surface area contributed by atoms with Gasteiger partial charge in [-0.25, -0.2) is 9.78 Å². The van der Waals surface area contributed by atoms with Crippen molar-refractivity contribution in [2.45, 2.75) is 43.7 Å². The van der Waals surface area contributed by atoms with Crippen molar-refractivity contribution < 1.29 is 9.59 Å². The van der Waals surface area contributed by atoms with Crippen molar-refractivity contribution in [3.05, 3.63) is 18.5 Å². The lowest BCUT2D eigenvalue weighted by Gasteiger charge is -2.05. The third kappa shape index (κ3) is 6.43. The van der Waals surface area contributed by atoms with Gasteiger partial charge in [0.1, 0.15) is 5.82 Å². The molecule has 126 valence electrons. The molecule has 8 heteroatoms. The van der Waals surface area contributed by atoms with E-state index in [9.17, 15) is 9.59 Å². The van der Waals surface area contributed by atoms with E-state index < -0.39 is 6.03 Å². The molecule has 0 aliphatic heterocycles. The van der Waals surface area contributed by atoms with Gasteiger partial charge in [-0.3, -0.25) is 15.2 Å². The van der Waals surface area contributed by atoms with Gasteiger partial charge in [-0.1, -0.05) is 43.5 Å². The second-order valence-corrected chi connectivity index (χ2v) is 6.53. The van der Waals surface area contributed by atoms with Crippen LogP contribution in [0.25, 0.3) is 0 Å². The van der Waals surface area contributed by atoms with Crippen LogP contribution in [0.15, 0.2) is 17.8 Å². The highest BCUT2D eigenvalue weighted by atomic mass is 32.2. The molecule has 1 aromatic heterocycles. The second kappa shape index (κ2) is 9.34. The van der Waals surface area contributed by atoms with Crippen LogP contribution in [0, 0.1) is 5.92 Å². The number of H-pyrrole nitrogens is 1. The summed E-state index contributed by atoms with van der Waals surface area (Å²) < 4.78 is 0. The van der Waals surface area contributed by atoms with Crippen LogP contribution in [0.5, 0.6) is 0 Å². The van der Waals surface area contributed by atoms with Gasteiger partial charge in [0.05, 0.1) is 5.75 Å². The molecule has 3 amide bonds. The van der Waals surface area contributed by atoms with Crippen molar-refractivity contribution in [3.63, 3.8) is 0 Å². The van der Waals surface area contributed by atoms with Crippen molar-refractivity contribution in [1.82, 2.24) is 25.8 Å². The number of nitrogens with zero attached hydrogens (tertiary/aromatic N) is 2. The fraction of sp³-hybridized carbons (Fsp3) is 0.600. The highest BCUT2D eigenvalue weighted by Gasteiger charge is 2.16. The summed E-state index contributed by atoms with van der Waals surface area (Å²) >= 11 is 1.21. The normalized spacial score (nSPS) is 14.6. The van der Waals surface area contributed by atoms with Crippen molar-refractivity contribution in [2.24, 2.45) is 5.92 Å². The quantitative estimate of drug-likeness (QED) is 0.498. The molecular formula is C15H23N5O2S. The molecule has 1 aliphatic carbocycles. The van der Waals surface area contributed by atoms with E-state index in [1.807, 2.05) is 0 Å². The fourth-order valence-electron chi connectivity index (χ4n) is 2.60. The summed E-state index contributed by atoms with van der Waals surface area (Å²) in [5, 5.41) is 12.3. The zero-order valence-corrected chi connectivity index (χ0v) is 14.0. The highest BCUT2D eigenvalue weighted by Crippen LogP contribution is 2.28. The number of carbonyl (C=O) groups is 2. The van der Waals surface area contributed by atoms with Crippen LogP contribution in [-0.2, 0) is 11.2 Å². The molecular weight excluding hydrogens is 314 g/mol. The number of aromatic amines is 1. The van der Waals surface area contributed by atoms with Crippen molar-refractivity contribution in [1.29, 1.82) is 0 Å². The van der Waals surface area contributed by atoms with Gasteiger partial charge in [-0.2, -0.15) is 0 Å². The van der Waals surface area contributed by atoms with Crippen LogP contribution in [0.3, 0.4) is 0 Å². The lowest BCUT2D eigenvalue weighted by molar-refractivity contribution is -0.117. The van der Waals surface area contributed by atoms with E-state index >= 15 is 0 Å². The van der Waals surface area contributed by atoms with E-state index in [0.29, 0.717) is 11.7 Å². The first-order valence-electron chi connectivity index (χ1n) is 7.90. The maximum absolute atomic E-state index is 11.6.